The lowest BCUT2D eigenvalue weighted by atomic mass is 9.80. The van der Waals surface area contributed by atoms with Crippen molar-refractivity contribution in [3.05, 3.63) is 111 Å². The Hall–Kier alpha value is -4.76. The highest BCUT2D eigenvalue weighted by atomic mass is 35.5. The molecule has 4 aromatic rings. The van der Waals surface area contributed by atoms with Gasteiger partial charge in [-0.25, -0.2) is 13.2 Å². The predicted molar refractivity (Wildman–Crippen MR) is 200 cm³/mol. The van der Waals surface area contributed by atoms with E-state index >= 15 is 0 Å². The minimum absolute atomic E-state index is 0.0447. The quantitative estimate of drug-likeness (QED) is 0.141. The number of benzene rings is 3. The first-order valence-electron chi connectivity index (χ1n) is 17.2. The summed E-state index contributed by atoms with van der Waals surface area (Å²) in [7, 11) is -0.686. The Kier molecular flexibility index (Phi) is 11.8. The van der Waals surface area contributed by atoms with E-state index < -0.39 is 28.0 Å². The summed E-state index contributed by atoms with van der Waals surface area (Å²) < 4.78 is 44.8. The Morgan fingerprint density at radius 1 is 1.02 bits per heavy atom. The molecule has 0 radical (unpaired) electrons. The second-order valence-electron chi connectivity index (χ2n) is 13.4. The van der Waals surface area contributed by atoms with Gasteiger partial charge in [-0.2, -0.15) is 0 Å². The van der Waals surface area contributed by atoms with Crippen LogP contribution < -0.4 is 28.9 Å². The number of aromatic nitrogens is 1. The summed E-state index contributed by atoms with van der Waals surface area (Å²) in [5.41, 5.74) is 2.11. The Balaban J connectivity index is 1.51. The molecule has 16 heteroatoms. The highest BCUT2D eigenvalue weighted by Gasteiger charge is 2.38. The van der Waals surface area contributed by atoms with Gasteiger partial charge in [-0.1, -0.05) is 53.5 Å². The lowest BCUT2D eigenvalue weighted by Crippen LogP contribution is -2.53. The highest BCUT2D eigenvalue weighted by molar-refractivity contribution is 7.92. The van der Waals surface area contributed by atoms with E-state index in [-0.39, 0.29) is 46.3 Å². The van der Waals surface area contributed by atoms with Gasteiger partial charge in [0, 0.05) is 34.0 Å². The van der Waals surface area contributed by atoms with Gasteiger partial charge in [0.25, 0.3) is 0 Å². The van der Waals surface area contributed by atoms with Gasteiger partial charge in [-0.05, 0) is 85.3 Å². The predicted octanol–water partition coefficient (Wildman–Crippen LogP) is 4.88. The van der Waals surface area contributed by atoms with E-state index in [1.54, 1.807) is 48.5 Å². The number of carboxylic acid groups (broad SMARTS) is 1. The van der Waals surface area contributed by atoms with Crippen molar-refractivity contribution < 1.29 is 47.3 Å². The molecule has 0 spiro atoms. The summed E-state index contributed by atoms with van der Waals surface area (Å²) >= 11 is 13.3. The summed E-state index contributed by atoms with van der Waals surface area (Å²) in [6, 6.07) is 16.2. The number of amides is 1. The molecule has 54 heavy (non-hydrogen) atoms. The van der Waals surface area contributed by atoms with Crippen LogP contribution in [0.25, 0.3) is 0 Å². The summed E-state index contributed by atoms with van der Waals surface area (Å²) in [6.07, 6.45) is 4.37. The van der Waals surface area contributed by atoms with Gasteiger partial charge >= 0.3 is 6.09 Å². The van der Waals surface area contributed by atoms with Crippen molar-refractivity contribution in [3.8, 4) is 11.5 Å². The lowest BCUT2D eigenvalue weighted by molar-refractivity contribution is -0.904. The molecule has 4 heterocycles. The third-order valence-corrected chi connectivity index (χ3v) is 11.2. The van der Waals surface area contributed by atoms with Gasteiger partial charge in [-0.15, -0.1) is 0 Å². The van der Waals surface area contributed by atoms with Crippen LogP contribution >= 0.6 is 23.2 Å². The van der Waals surface area contributed by atoms with Gasteiger partial charge in [-0.3, -0.25) is 19.7 Å². The number of carboxylic acids is 1. The topological polar surface area (TPSA) is 162 Å². The van der Waals surface area contributed by atoms with Gasteiger partial charge < -0.3 is 24.1 Å². The first-order valence-corrected chi connectivity index (χ1v) is 19.8. The maximum Gasteiger partial charge on any atom is 0.414 e. The molecule has 7 rings (SSSR count). The zero-order chi connectivity index (χ0) is 38.7. The van der Waals surface area contributed by atoms with E-state index in [9.17, 15) is 28.3 Å². The number of pyridine rings is 1. The maximum atomic E-state index is 14.4. The number of aromatic carboxylic acids is 1. The number of piperidine rings is 3. The zero-order valence-electron chi connectivity index (χ0n) is 29.8. The van der Waals surface area contributed by atoms with E-state index in [2.05, 4.69) is 9.62 Å². The van der Waals surface area contributed by atoms with Crippen LogP contribution in [-0.4, -0.2) is 76.8 Å². The Labute approximate surface area is 323 Å². The van der Waals surface area contributed by atoms with Crippen molar-refractivity contribution >= 4 is 56.7 Å². The monoisotopic (exact) mass is 798 g/mol. The standard InChI is InChI=1S/C38H40Cl2N4O9S/c1-51-33-11-10-24(16-34(33)52-2)29(18-30-31(39)20-43(48)21-32(30)40)36-25(6-4-9-28(36)37(45)46)19-44(27-8-5-7-26(17-27)41-54(3,49)50)38(47)53-35-22-42-14-12-23(35)13-15-42/h4-11,16-17,20-21,23,29,35,41H,12-15,18-19,22H2,1-3H3,(H-,45,46,48)/t29-,35-/m0/s1. The number of fused-ring (bicyclic) bond motifs is 3. The molecule has 286 valence electrons. The molecule has 0 aliphatic carbocycles. The molecule has 0 unspecified atom stereocenters. The van der Waals surface area contributed by atoms with Gasteiger partial charge in [0.05, 0.1) is 38.7 Å². The van der Waals surface area contributed by atoms with Crippen molar-refractivity contribution in [1.29, 1.82) is 0 Å². The smallest absolute Gasteiger partial charge is 0.414 e. The highest BCUT2D eigenvalue weighted by Crippen LogP contribution is 2.41. The molecule has 13 nitrogen and oxygen atoms in total. The summed E-state index contributed by atoms with van der Waals surface area (Å²) in [5, 5.41) is 23.3. The van der Waals surface area contributed by atoms with Crippen LogP contribution in [0.1, 0.15) is 51.4 Å². The third kappa shape index (κ3) is 8.78. The number of methoxy groups -OCH3 is 2. The van der Waals surface area contributed by atoms with Gasteiger partial charge in [0.15, 0.2) is 11.5 Å². The molecule has 2 bridgehead atoms. The molecule has 3 saturated heterocycles. The average molecular weight is 800 g/mol. The largest absolute Gasteiger partial charge is 0.545 e. The third-order valence-electron chi connectivity index (χ3n) is 9.91. The summed E-state index contributed by atoms with van der Waals surface area (Å²) in [5.74, 6) is -1.24. The lowest BCUT2D eigenvalue weighted by Gasteiger charge is -2.44. The van der Waals surface area contributed by atoms with E-state index in [4.69, 9.17) is 37.4 Å². The molecule has 3 aliphatic heterocycles. The van der Waals surface area contributed by atoms with Crippen LogP contribution in [0.4, 0.5) is 16.2 Å². The molecule has 2 atom stereocenters. The number of nitrogens with one attached hydrogen (secondary N) is 1. The SMILES string of the molecule is COc1ccc([C@H](Cc2c(Cl)c[n+](O)cc2Cl)c2c(CN(C(=O)O[C@H]3CN4CCC3CC4)c3cccc(NS(C)(=O)=O)c3)cccc2C(=O)[O-])cc1OC. The van der Waals surface area contributed by atoms with Crippen LogP contribution in [0.15, 0.2) is 73.1 Å². The number of sulfonamides is 1. The number of anilines is 2. The normalized spacial score (nSPS) is 18.4. The number of nitrogens with zero attached hydrogens (tertiary/aromatic N) is 3. The van der Waals surface area contributed by atoms with E-state index in [0.29, 0.717) is 46.0 Å². The van der Waals surface area contributed by atoms with Crippen molar-refractivity contribution in [2.75, 3.05) is 49.7 Å². The maximum absolute atomic E-state index is 14.4. The molecule has 3 aliphatic rings. The molecule has 2 N–H and O–H groups in total. The van der Waals surface area contributed by atoms with Gasteiger partial charge in [0.2, 0.25) is 22.4 Å². The average Bonchev–Trinajstić information content (AvgIpc) is 3.13. The van der Waals surface area contributed by atoms with E-state index in [1.165, 1.54) is 43.6 Å². The second kappa shape index (κ2) is 16.3. The van der Waals surface area contributed by atoms with Crippen molar-refractivity contribution in [2.45, 2.75) is 37.8 Å². The van der Waals surface area contributed by atoms with Crippen molar-refractivity contribution in [3.63, 3.8) is 0 Å². The molecule has 0 saturated carbocycles. The minimum Gasteiger partial charge on any atom is -0.545 e. The van der Waals surface area contributed by atoms with E-state index in [0.717, 1.165) is 36.9 Å². The van der Waals surface area contributed by atoms with E-state index in [1.807, 2.05) is 0 Å². The minimum atomic E-state index is -3.66. The van der Waals surface area contributed by atoms with Crippen LogP contribution in [0, 0.1) is 5.92 Å². The molecule has 3 aromatic carbocycles. The summed E-state index contributed by atoms with van der Waals surface area (Å²) in [6.45, 7) is 2.28. The number of hydrogen-bond donors (Lipinski definition) is 2. The van der Waals surface area contributed by atoms with Crippen LogP contribution in [-0.2, 0) is 27.7 Å². The number of rotatable bonds is 13. The first kappa shape index (κ1) is 38.9. The van der Waals surface area contributed by atoms with Gasteiger partial charge in [0.1, 0.15) is 16.1 Å². The number of ether oxygens (including phenoxy) is 3. The number of carbonyl (C=O) groups excluding carboxylic acids is 2. The number of hydrogen-bond acceptors (Lipinski definition) is 10. The second-order valence-corrected chi connectivity index (χ2v) is 16.0. The van der Waals surface area contributed by atoms with Crippen molar-refractivity contribution in [1.82, 2.24) is 4.90 Å². The Morgan fingerprint density at radius 2 is 1.70 bits per heavy atom. The summed E-state index contributed by atoms with van der Waals surface area (Å²) in [4.78, 5) is 30.9. The number of halogens is 2. The molecule has 1 aromatic heterocycles. The molecular formula is C38H40Cl2N4O9S. The Bertz CT molecular complexity index is 2140. The van der Waals surface area contributed by atoms with Crippen molar-refractivity contribution in [2.24, 2.45) is 5.92 Å². The van der Waals surface area contributed by atoms with Crippen LogP contribution in [0.3, 0.4) is 0 Å². The van der Waals surface area contributed by atoms with Crippen LogP contribution in [0.5, 0.6) is 11.5 Å². The zero-order valence-corrected chi connectivity index (χ0v) is 32.2. The molecule has 3 fully saturated rings. The first-order chi connectivity index (χ1) is 25.7. The molecular weight excluding hydrogens is 759 g/mol. The fourth-order valence-electron chi connectivity index (χ4n) is 7.36. The number of carbonyl (C=O) groups is 2. The molecule has 1 amide bonds. The fraction of sp³-hybridized carbons (Fsp3) is 0.342. The Morgan fingerprint density at radius 3 is 2.31 bits per heavy atom. The fourth-order valence-corrected chi connectivity index (χ4v) is 8.52. The van der Waals surface area contributed by atoms with Crippen LogP contribution in [0.2, 0.25) is 10.0 Å².